The number of benzene rings is 1. The smallest absolute Gasteiger partial charge is 0.119 e. The average Bonchev–Trinajstić information content (AvgIpc) is 2.41. The molecule has 2 N–H and O–H groups in total. The fraction of sp³-hybridized carbons (Fsp3) is 0.667. The maximum Gasteiger partial charge on any atom is 0.119 e. The van der Waals surface area contributed by atoms with E-state index in [-0.39, 0.29) is 23.8 Å². The van der Waals surface area contributed by atoms with Crippen molar-refractivity contribution in [3.8, 4) is 5.75 Å². The third-order valence-electron chi connectivity index (χ3n) is 4.58. The van der Waals surface area contributed by atoms with Gasteiger partial charge in [-0.2, -0.15) is 0 Å². The van der Waals surface area contributed by atoms with E-state index in [4.69, 9.17) is 4.74 Å². The number of nitrogens with zero attached hydrogens (tertiary/aromatic N) is 1. The number of hydrogen-bond acceptors (Lipinski definition) is 4. The molecule has 0 saturated carbocycles. The Morgan fingerprint density at radius 1 is 1.17 bits per heavy atom. The summed E-state index contributed by atoms with van der Waals surface area (Å²) in [5.41, 5.74) is -0.306. The van der Waals surface area contributed by atoms with Crippen LogP contribution < -0.4 is 4.74 Å². The number of halogens is 1. The Kier molecular flexibility index (Phi) is 5.77. The maximum atomic E-state index is 10.4. The zero-order valence-corrected chi connectivity index (χ0v) is 16.0. The highest BCUT2D eigenvalue weighted by Gasteiger charge is 2.45. The lowest BCUT2D eigenvalue weighted by molar-refractivity contribution is -0.1000. The molecule has 0 spiro atoms. The second-order valence-electron chi connectivity index (χ2n) is 7.72. The van der Waals surface area contributed by atoms with Crippen molar-refractivity contribution < 1.29 is 14.9 Å². The monoisotopic (exact) mass is 385 g/mol. The van der Waals surface area contributed by atoms with Crippen LogP contribution in [0.5, 0.6) is 5.75 Å². The highest BCUT2D eigenvalue weighted by Crippen LogP contribution is 2.38. The summed E-state index contributed by atoms with van der Waals surface area (Å²) >= 11 is 3.39. The molecule has 5 heteroatoms. The van der Waals surface area contributed by atoms with Crippen molar-refractivity contribution in [3.05, 3.63) is 28.7 Å². The lowest BCUT2D eigenvalue weighted by Crippen LogP contribution is -2.63. The predicted molar refractivity (Wildman–Crippen MR) is 95.7 cm³/mol. The highest BCUT2D eigenvalue weighted by atomic mass is 79.9. The van der Waals surface area contributed by atoms with Gasteiger partial charge >= 0.3 is 0 Å². The molecule has 130 valence electrons. The summed E-state index contributed by atoms with van der Waals surface area (Å²) in [6.07, 6.45) is 0.577. The van der Waals surface area contributed by atoms with Gasteiger partial charge in [0.2, 0.25) is 0 Å². The molecule has 0 bridgehead atoms. The first-order valence-corrected chi connectivity index (χ1v) is 8.92. The summed E-state index contributed by atoms with van der Waals surface area (Å²) in [6.45, 7) is 9.29. The van der Waals surface area contributed by atoms with Gasteiger partial charge in [-0.15, -0.1) is 0 Å². The molecule has 1 aliphatic heterocycles. The van der Waals surface area contributed by atoms with Crippen LogP contribution in [-0.2, 0) is 0 Å². The minimum Gasteiger partial charge on any atom is -0.491 e. The van der Waals surface area contributed by atoms with Crippen LogP contribution in [0.4, 0.5) is 0 Å². The molecule has 1 saturated heterocycles. The van der Waals surface area contributed by atoms with Crippen LogP contribution in [-0.4, -0.2) is 51.6 Å². The minimum absolute atomic E-state index is 0.153. The van der Waals surface area contributed by atoms with Gasteiger partial charge in [0.05, 0.1) is 6.10 Å². The molecule has 1 unspecified atom stereocenters. The summed E-state index contributed by atoms with van der Waals surface area (Å²) < 4.78 is 6.68. The molecular formula is C18H28BrNO3. The fourth-order valence-electron chi connectivity index (χ4n) is 3.75. The number of aliphatic hydroxyl groups excluding tert-OH is 2. The van der Waals surface area contributed by atoms with Gasteiger partial charge in [0, 0.05) is 22.1 Å². The van der Waals surface area contributed by atoms with E-state index < -0.39 is 6.10 Å². The van der Waals surface area contributed by atoms with E-state index in [1.54, 1.807) is 0 Å². The average molecular weight is 386 g/mol. The van der Waals surface area contributed by atoms with Gasteiger partial charge in [0.1, 0.15) is 18.5 Å². The summed E-state index contributed by atoms with van der Waals surface area (Å²) in [5, 5.41) is 20.5. The molecule has 4 nitrogen and oxygen atoms in total. The molecule has 0 amide bonds. The van der Waals surface area contributed by atoms with E-state index in [0.717, 1.165) is 23.1 Å². The summed E-state index contributed by atoms with van der Waals surface area (Å²) in [7, 11) is 0. The van der Waals surface area contributed by atoms with Gasteiger partial charge in [-0.05, 0) is 64.8 Å². The number of rotatable bonds is 5. The standard InChI is InChI=1S/C18H28BrNO3/c1-17(2)9-14(21)10-18(3,4)20(17)11-15(22)12-23-16-7-5-13(19)6-8-16/h5-8,14-15,21-22H,9-12H2,1-4H3. The van der Waals surface area contributed by atoms with Crippen molar-refractivity contribution >= 4 is 15.9 Å². The number of ether oxygens (including phenoxy) is 1. The molecule has 1 heterocycles. The number of β-amino-alcohol motifs (C(OH)–C–C–N with tert-alkyl or cyclic N) is 1. The van der Waals surface area contributed by atoms with E-state index >= 15 is 0 Å². The Morgan fingerprint density at radius 2 is 1.70 bits per heavy atom. The molecule has 23 heavy (non-hydrogen) atoms. The Bertz CT molecular complexity index is 498. The largest absolute Gasteiger partial charge is 0.491 e. The number of likely N-dealkylation sites (tertiary alicyclic amines) is 1. The van der Waals surface area contributed by atoms with Crippen LogP contribution in [0, 0.1) is 0 Å². The molecule has 1 fully saturated rings. The molecule has 0 aromatic heterocycles. The van der Waals surface area contributed by atoms with Crippen LogP contribution >= 0.6 is 15.9 Å². The van der Waals surface area contributed by atoms with Gasteiger partial charge < -0.3 is 14.9 Å². The molecular weight excluding hydrogens is 358 g/mol. The minimum atomic E-state index is -0.576. The van der Waals surface area contributed by atoms with E-state index in [2.05, 4.69) is 48.5 Å². The molecule has 2 rings (SSSR count). The summed E-state index contributed by atoms with van der Waals surface area (Å²) in [5.74, 6) is 0.750. The van der Waals surface area contributed by atoms with Gasteiger partial charge in [-0.25, -0.2) is 0 Å². The molecule has 1 aromatic carbocycles. The molecule has 1 atom stereocenters. The van der Waals surface area contributed by atoms with Crippen molar-refractivity contribution in [2.45, 2.75) is 63.8 Å². The summed E-state index contributed by atoms with van der Waals surface area (Å²) in [6, 6.07) is 7.59. The first-order valence-electron chi connectivity index (χ1n) is 8.12. The SMILES string of the molecule is CC1(C)CC(O)CC(C)(C)N1CC(O)COc1ccc(Br)cc1. The Labute approximate surface area is 147 Å². The molecule has 0 radical (unpaired) electrons. The van der Waals surface area contributed by atoms with E-state index in [0.29, 0.717) is 6.54 Å². The van der Waals surface area contributed by atoms with Crippen molar-refractivity contribution in [3.63, 3.8) is 0 Å². The van der Waals surface area contributed by atoms with Crippen molar-refractivity contribution in [2.75, 3.05) is 13.2 Å². The second-order valence-corrected chi connectivity index (χ2v) is 8.63. The number of hydrogen-bond donors (Lipinski definition) is 2. The van der Waals surface area contributed by atoms with Gasteiger partial charge in [0.25, 0.3) is 0 Å². The highest BCUT2D eigenvalue weighted by molar-refractivity contribution is 9.10. The van der Waals surface area contributed by atoms with Crippen molar-refractivity contribution in [1.82, 2.24) is 4.90 Å². The van der Waals surface area contributed by atoms with E-state index in [9.17, 15) is 10.2 Å². The number of aliphatic hydroxyl groups is 2. The van der Waals surface area contributed by atoms with Crippen LogP contribution in [0.1, 0.15) is 40.5 Å². The second kappa shape index (κ2) is 7.09. The van der Waals surface area contributed by atoms with Crippen LogP contribution in [0.3, 0.4) is 0 Å². The van der Waals surface area contributed by atoms with Gasteiger partial charge in [-0.3, -0.25) is 4.90 Å². The van der Waals surface area contributed by atoms with Crippen molar-refractivity contribution in [1.29, 1.82) is 0 Å². The Hall–Kier alpha value is -0.620. The van der Waals surface area contributed by atoms with Crippen LogP contribution in [0.15, 0.2) is 28.7 Å². The quantitative estimate of drug-likeness (QED) is 0.816. The zero-order valence-electron chi connectivity index (χ0n) is 14.4. The Balaban J connectivity index is 1.95. The van der Waals surface area contributed by atoms with Crippen LogP contribution in [0.25, 0.3) is 0 Å². The molecule has 1 aliphatic rings. The normalized spacial score (nSPS) is 22.7. The molecule has 0 aliphatic carbocycles. The number of piperidine rings is 1. The van der Waals surface area contributed by atoms with E-state index in [1.807, 2.05) is 24.3 Å². The Morgan fingerprint density at radius 3 is 2.22 bits per heavy atom. The fourth-order valence-corrected chi connectivity index (χ4v) is 4.01. The van der Waals surface area contributed by atoms with Gasteiger partial charge in [-0.1, -0.05) is 15.9 Å². The predicted octanol–water partition coefficient (Wildman–Crippen LogP) is 3.20. The van der Waals surface area contributed by atoms with Gasteiger partial charge in [0.15, 0.2) is 0 Å². The third-order valence-corrected chi connectivity index (χ3v) is 5.11. The molecule has 1 aromatic rings. The first-order chi connectivity index (χ1) is 10.6. The lowest BCUT2D eigenvalue weighted by Gasteiger charge is -2.54. The van der Waals surface area contributed by atoms with Crippen LogP contribution in [0.2, 0.25) is 0 Å². The lowest BCUT2D eigenvalue weighted by atomic mass is 9.78. The van der Waals surface area contributed by atoms with Crippen molar-refractivity contribution in [2.24, 2.45) is 0 Å². The van der Waals surface area contributed by atoms with E-state index in [1.165, 1.54) is 0 Å². The first kappa shape index (κ1) is 18.7. The third kappa shape index (κ3) is 4.92. The summed E-state index contributed by atoms with van der Waals surface area (Å²) in [4.78, 5) is 2.29. The topological polar surface area (TPSA) is 52.9 Å². The maximum absolute atomic E-state index is 10.4. The zero-order chi connectivity index (χ0) is 17.3.